The van der Waals surface area contributed by atoms with Crippen molar-refractivity contribution in [2.24, 2.45) is 0 Å². The van der Waals surface area contributed by atoms with Gasteiger partial charge in [-0.25, -0.2) is 0 Å². The van der Waals surface area contributed by atoms with Gasteiger partial charge in [0.2, 0.25) is 5.91 Å². The predicted molar refractivity (Wildman–Crippen MR) is 131 cm³/mol. The highest BCUT2D eigenvalue weighted by atomic mass is 79.9. The van der Waals surface area contributed by atoms with Crippen LogP contribution in [-0.4, -0.2) is 31.5 Å². The smallest absolute Gasteiger partial charge is 0.255 e. The minimum Gasteiger partial charge on any atom is -0.495 e. The van der Waals surface area contributed by atoms with Crippen LogP contribution >= 0.6 is 15.9 Å². The van der Waals surface area contributed by atoms with Crippen LogP contribution in [0.2, 0.25) is 0 Å². The van der Waals surface area contributed by atoms with Crippen LogP contribution in [0.25, 0.3) is 6.08 Å². The summed E-state index contributed by atoms with van der Waals surface area (Å²) in [6.45, 7) is 1.82. The first-order valence-corrected chi connectivity index (χ1v) is 11.0. The number of carbonyl (C=O) groups excluding carboxylic acids is 2. The highest BCUT2D eigenvalue weighted by Crippen LogP contribution is 2.34. The number of ether oxygens (including phenoxy) is 1. The zero-order valence-electron chi connectivity index (χ0n) is 17.9. The molecule has 162 valence electrons. The molecule has 2 amide bonds. The number of anilines is 2. The number of hydrogen-bond acceptors (Lipinski definition) is 3. The molecule has 5 nitrogen and oxygen atoms in total. The number of halogens is 1. The Hall–Kier alpha value is -3.38. The third-order valence-electron chi connectivity index (χ3n) is 5.43. The van der Waals surface area contributed by atoms with E-state index in [1.807, 2.05) is 79.7 Å². The van der Waals surface area contributed by atoms with Crippen molar-refractivity contribution in [3.05, 3.63) is 94.5 Å². The zero-order valence-corrected chi connectivity index (χ0v) is 19.5. The van der Waals surface area contributed by atoms with Gasteiger partial charge in [0.15, 0.2) is 0 Å². The fraction of sp³-hybridized carbons (Fsp3) is 0.154. The van der Waals surface area contributed by atoms with E-state index in [9.17, 15) is 9.59 Å². The van der Waals surface area contributed by atoms with Gasteiger partial charge in [0, 0.05) is 10.2 Å². The number of benzene rings is 3. The van der Waals surface area contributed by atoms with Crippen LogP contribution < -0.4 is 14.5 Å². The average molecular weight is 491 g/mol. The Labute approximate surface area is 196 Å². The van der Waals surface area contributed by atoms with Crippen molar-refractivity contribution in [2.75, 3.05) is 23.5 Å². The van der Waals surface area contributed by atoms with E-state index >= 15 is 0 Å². The summed E-state index contributed by atoms with van der Waals surface area (Å²) in [4.78, 5) is 30.4. The summed E-state index contributed by atoms with van der Waals surface area (Å²) < 4.78 is 6.36. The summed E-state index contributed by atoms with van der Waals surface area (Å²) >= 11 is 3.44. The summed E-state index contributed by atoms with van der Waals surface area (Å²) in [6, 6.07) is 23.7. The van der Waals surface area contributed by atoms with Gasteiger partial charge in [-0.15, -0.1) is 0 Å². The summed E-state index contributed by atoms with van der Waals surface area (Å²) in [5, 5.41) is 0. The Morgan fingerprint density at radius 1 is 0.969 bits per heavy atom. The van der Waals surface area contributed by atoms with Crippen molar-refractivity contribution in [1.29, 1.82) is 0 Å². The molecule has 0 radical (unpaired) electrons. The Kier molecular flexibility index (Phi) is 6.42. The second-order valence-electron chi connectivity index (χ2n) is 7.54. The second kappa shape index (κ2) is 9.40. The molecule has 6 heteroatoms. The monoisotopic (exact) mass is 490 g/mol. The van der Waals surface area contributed by atoms with E-state index in [0.29, 0.717) is 17.1 Å². The fourth-order valence-corrected chi connectivity index (χ4v) is 4.20. The minimum absolute atomic E-state index is 0.0651. The summed E-state index contributed by atoms with van der Waals surface area (Å²) in [6.07, 6.45) is 1.95. The molecular formula is C26H23BrN2O3. The number of hydrogen-bond donors (Lipinski definition) is 0. The SMILES string of the molecule is COc1ccccc1N1CC(=O)N(c2ccc(Br)cc2)[C@H](/C(C)=C\c2ccccc2)C1=O. The Bertz CT molecular complexity index is 1160. The van der Waals surface area contributed by atoms with Crippen LogP contribution in [0.1, 0.15) is 12.5 Å². The van der Waals surface area contributed by atoms with Crippen LogP contribution in [0, 0.1) is 0 Å². The molecule has 0 N–H and O–H groups in total. The van der Waals surface area contributed by atoms with E-state index < -0.39 is 6.04 Å². The van der Waals surface area contributed by atoms with E-state index in [1.54, 1.807) is 24.1 Å². The molecule has 1 aliphatic rings. The summed E-state index contributed by atoms with van der Waals surface area (Å²) in [5.41, 5.74) is 3.01. The molecule has 1 aliphatic heterocycles. The molecule has 0 saturated carbocycles. The van der Waals surface area contributed by atoms with Crippen LogP contribution in [0.5, 0.6) is 5.75 Å². The first-order valence-electron chi connectivity index (χ1n) is 10.2. The molecule has 1 fully saturated rings. The lowest BCUT2D eigenvalue weighted by atomic mass is 9.98. The normalized spacial score (nSPS) is 17.0. The van der Waals surface area contributed by atoms with Crippen molar-refractivity contribution >= 4 is 45.2 Å². The van der Waals surface area contributed by atoms with Crippen molar-refractivity contribution in [3.8, 4) is 5.75 Å². The van der Waals surface area contributed by atoms with Crippen LogP contribution in [0.4, 0.5) is 11.4 Å². The molecule has 0 unspecified atom stereocenters. The quantitative estimate of drug-likeness (QED) is 0.486. The Morgan fingerprint density at radius 2 is 1.62 bits per heavy atom. The first kappa shape index (κ1) is 21.8. The lowest BCUT2D eigenvalue weighted by molar-refractivity contribution is -0.127. The third-order valence-corrected chi connectivity index (χ3v) is 5.95. The lowest BCUT2D eigenvalue weighted by Gasteiger charge is -2.41. The van der Waals surface area contributed by atoms with Crippen molar-refractivity contribution in [1.82, 2.24) is 0 Å². The topological polar surface area (TPSA) is 49.9 Å². The molecule has 1 heterocycles. The second-order valence-corrected chi connectivity index (χ2v) is 8.45. The number of para-hydroxylation sites is 2. The largest absolute Gasteiger partial charge is 0.495 e. The predicted octanol–water partition coefficient (Wildman–Crippen LogP) is 5.31. The standard InChI is InChI=1S/C26H23BrN2O3/c1-18(16-19-8-4-3-5-9-19)25-26(31)28(22-10-6-7-11-23(22)32-2)17-24(30)29(25)21-14-12-20(27)13-15-21/h3-16,25H,17H2,1-2H3/b18-16-/t25-/m1/s1. The van der Waals surface area contributed by atoms with Crippen molar-refractivity contribution in [3.63, 3.8) is 0 Å². The Morgan fingerprint density at radius 3 is 2.31 bits per heavy atom. The van der Waals surface area contributed by atoms with E-state index in [4.69, 9.17) is 4.74 Å². The maximum Gasteiger partial charge on any atom is 0.255 e. The van der Waals surface area contributed by atoms with Gasteiger partial charge in [-0.2, -0.15) is 0 Å². The molecule has 0 bridgehead atoms. The van der Waals surface area contributed by atoms with Crippen LogP contribution in [0.15, 0.2) is 88.9 Å². The number of nitrogens with zero attached hydrogens (tertiary/aromatic N) is 2. The average Bonchev–Trinajstić information content (AvgIpc) is 2.81. The number of piperazine rings is 1. The number of methoxy groups -OCH3 is 1. The van der Waals surface area contributed by atoms with Gasteiger partial charge in [0.1, 0.15) is 18.3 Å². The van der Waals surface area contributed by atoms with Gasteiger partial charge >= 0.3 is 0 Å². The van der Waals surface area contributed by atoms with Gasteiger partial charge < -0.3 is 4.74 Å². The molecule has 0 aromatic heterocycles. The molecular weight excluding hydrogens is 468 g/mol. The lowest BCUT2D eigenvalue weighted by Crippen LogP contribution is -2.61. The number of rotatable bonds is 5. The van der Waals surface area contributed by atoms with Gasteiger partial charge in [0.25, 0.3) is 5.91 Å². The summed E-state index contributed by atoms with van der Waals surface area (Å²) in [7, 11) is 1.56. The summed E-state index contributed by atoms with van der Waals surface area (Å²) in [5.74, 6) is 0.208. The highest BCUT2D eigenvalue weighted by molar-refractivity contribution is 9.10. The molecule has 0 aliphatic carbocycles. The first-order chi connectivity index (χ1) is 15.5. The fourth-order valence-electron chi connectivity index (χ4n) is 3.93. The highest BCUT2D eigenvalue weighted by Gasteiger charge is 2.42. The van der Waals surface area contributed by atoms with E-state index in [-0.39, 0.29) is 18.4 Å². The molecule has 1 saturated heterocycles. The number of amides is 2. The zero-order chi connectivity index (χ0) is 22.7. The maximum atomic E-state index is 13.8. The van der Waals surface area contributed by atoms with E-state index in [1.165, 1.54) is 4.90 Å². The van der Waals surface area contributed by atoms with Crippen molar-refractivity contribution in [2.45, 2.75) is 13.0 Å². The molecule has 1 atom stereocenters. The van der Waals surface area contributed by atoms with Crippen LogP contribution in [-0.2, 0) is 9.59 Å². The van der Waals surface area contributed by atoms with E-state index in [2.05, 4.69) is 15.9 Å². The number of carbonyl (C=O) groups is 2. The molecule has 3 aromatic carbocycles. The molecule has 4 rings (SSSR count). The molecule has 32 heavy (non-hydrogen) atoms. The third kappa shape index (κ3) is 4.32. The van der Waals surface area contributed by atoms with Gasteiger partial charge in [0.05, 0.1) is 12.8 Å². The minimum atomic E-state index is -0.775. The van der Waals surface area contributed by atoms with Gasteiger partial charge in [-0.3, -0.25) is 19.4 Å². The van der Waals surface area contributed by atoms with E-state index in [0.717, 1.165) is 15.6 Å². The van der Waals surface area contributed by atoms with Crippen LogP contribution in [0.3, 0.4) is 0 Å². The van der Waals surface area contributed by atoms with Crippen molar-refractivity contribution < 1.29 is 14.3 Å². The maximum absolute atomic E-state index is 13.8. The molecule has 3 aromatic rings. The van der Waals surface area contributed by atoms with Gasteiger partial charge in [-0.1, -0.05) is 64.5 Å². The molecule has 0 spiro atoms. The Balaban J connectivity index is 1.81. The van der Waals surface area contributed by atoms with Gasteiger partial charge in [-0.05, 0) is 54.5 Å².